The molecular formula is C20H24. The lowest BCUT2D eigenvalue weighted by Gasteiger charge is -2.07. The van der Waals surface area contributed by atoms with E-state index >= 15 is 0 Å². The van der Waals surface area contributed by atoms with Crippen LogP contribution in [0.4, 0.5) is 0 Å². The molecule has 0 radical (unpaired) electrons. The van der Waals surface area contributed by atoms with E-state index in [1.54, 1.807) is 0 Å². The van der Waals surface area contributed by atoms with Gasteiger partial charge >= 0.3 is 0 Å². The monoisotopic (exact) mass is 264 g/mol. The lowest BCUT2D eigenvalue weighted by Crippen LogP contribution is -1.88. The Labute approximate surface area is 123 Å². The maximum atomic E-state index is 2.29. The van der Waals surface area contributed by atoms with Crippen molar-refractivity contribution in [2.45, 2.75) is 40.5 Å². The van der Waals surface area contributed by atoms with Crippen LogP contribution >= 0.6 is 0 Å². The van der Waals surface area contributed by atoms with Crippen LogP contribution in [0.15, 0.2) is 36.4 Å². The molecule has 0 N–H and O–H groups in total. The first-order valence-electron chi connectivity index (χ1n) is 7.45. The average molecular weight is 264 g/mol. The van der Waals surface area contributed by atoms with E-state index < -0.39 is 0 Å². The zero-order valence-electron chi connectivity index (χ0n) is 13.0. The molecule has 0 saturated carbocycles. The smallest absolute Gasteiger partial charge is 0.0198 e. The summed E-state index contributed by atoms with van der Waals surface area (Å²) in [6.07, 6.45) is 6.83. The molecule has 0 saturated heterocycles. The van der Waals surface area contributed by atoms with Crippen LogP contribution in [0.1, 0.15) is 46.7 Å². The van der Waals surface area contributed by atoms with E-state index in [0.717, 1.165) is 6.42 Å². The van der Waals surface area contributed by atoms with Crippen LogP contribution < -0.4 is 0 Å². The van der Waals surface area contributed by atoms with Gasteiger partial charge in [0.2, 0.25) is 0 Å². The van der Waals surface area contributed by atoms with E-state index in [0.29, 0.717) is 0 Å². The molecule has 2 aromatic carbocycles. The van der Waals surface area contributed by atoms with Gasteiger partial charge in [0, 0.05) is 0 Å². The molecule has 2 rings (SSSR count). The molecule has 0 aliphatic rings. The number of benzene rings is 2. The highest BCUT2D eigenvalue weighted by atomic mass is 14.1. The highest BCUT2D eigenvalue weighted by Gasteiger charge is 2.00. The number of hydrogen-bond acceptors (Lipinski definition) is 0. The lowest BCUT2D eigenvalue weighted by atomic mass is 9.98. The third-order valence-corrected chi connectivity index (χ3v) is 3.67. The highest BCUT2D eigenvalue weighted by molar-refractivity contribution is 5.73. The van der Waals surface area contributed by atoms with E-state index in [9.17, 15) is 0 Å². The predicted molar refractivity (Wildman–Crippen MR) is 90.0 cm³/mol. The zero-order chi connectivity index (χ0) is 14.5. The summed E-state index contributed by atoms with van der Waals surface area (Å²) in [6.45, 7) is 8.75. The first-order chi connectivity index (χ1) is 9.60. The van der Waals surface area contributed by atoms with Crippen molar-refractivity contribution in [2.75, 3.05) is 0 Å². The van der Waals surface area contributed by atoms with Gasteiger partial charge in [-0.25, -0.2) is 0 Å². The van der Waals surface area contributed by atoms with Gasteiger partial charge in [0.15, 0.2) is 0 Å². The first kappa shape index (κ1) is 14.6. The van der Waals surface area contributed by atoms with Gasteiger partial charge in [0.05, 0.1) is 0 Å². The minimum atomic E-state index is 1.16. The molecule has 0 heteroatoms. The Bertz CT molecular complexity index is 595. The molecule has 0 aliphatic carbocycles. The van der Waals surface area contributed by atoms with E-state index in [1.165, 1.54) is 39.8 Å². The van der Waals surface area contributed by atoms with Crippen molar-refractivity contribution < 1.29 is 0 Å². The van der Waals surface area contributed by atoms with Crippen molar-refractivity contribution in [3.8, 4) is 0 Å². The van der Waals surface area contributed by atoms with Crippen molar-refractivity contribution in [2.24, 2.45) is 0 Å². The third-order valence-electron chi connectivity index (χ3n) is 3.67. The van der Waals surface area contributed by atoms with Gasteiger partial charge in [-0.2, -0.15) is 0 Å². The van der Waals surface area contributed by atoms with Crippen LogP contribution in [-0.4, -0.2) is 0 Å². The second-order valence-corrected chi connectivity index (χ2v) is 5.64. The Morgan fingerprint density at radius 2 is 1.60 bits per heavy atom. The quantitative estimate of drug-likeness (QED) is 0.618. The summed E-state index contributed by atoms with van der Waals surface area (Å²) in [5.74, 6) is 0. The summed E-state index contributed by atoms with van der Waals surface area (Å²) >= 11 is 0. The van der Waals surface area contributed by atoms with E-state index in [-0.39, 0.29) is 0 Å². The van der Waals surface area contributed by atoms with Crippen LogP contribution in [0.25, 0.3) is 12.2 Å². The van der Waals surface area contributed by atoms with Crippen LogP contribution in [-0.2, 0) is 6.42 Å². The van der Waals surface area contributed by atoms with E-state index in [1.807, 2.05) is 0 Å². The molecule has 20 heavy (non-hydrogen) atoms. The van der Waals surface area contributed by atoms with Gasteiger partial charge in [-0.15, -0.1) is 0 Å². The van der Waals surface area contributed by atoms with Crippen molar-refractivity contribution >= 4 is 12.2 Å². The molecule has 2 aromatic rings. The highest BCUT2D eigenvalue weighted by Crippen LogP contribution is 2.19. The molecule has 0 aromatic heterocycles. The Morgan fingerprint density at radius 1 is 0.900 bits per heavy atom. The number of aryl methyl sites for hydroxylation is 4. The second kappa shape index (κ2) is 6.56. The SMILES string of the molecule is CCCc1cccc(/C=C/c2c(C)cc(C)cc2C)c1. The van der Waals surface area contributed by atoms with E-state index in [2.05, 4.69) is 76.2 Å². The maximum Gasteiger partial charge on any atom is -0.0198 e. The Hall–Kier alpha value is -1.82. The maximum absolute atomic E-state index is 2.29. The summed E-state index contributed by atoms with van der Waals surface area (Å²) in [4.78, 5) is 0. The molecule has 0 nitrogen and oxygen atoms in total. The fourth-order valence-electron chi connectivity index (χ4n) is 2.77. The van der Waals surface area contributed by atoms with Crippen LogP contribution in [0.5, 0.6) is 0 Å². The molecular weight excluding hydrogens is 240 g/mol. The number of rotatable bonds is 4. The fraction of sp³-hybridized carbons (Fsp3) is 0.300. The Morgan fingerprint density at radius 3 is 2.25 bits per heavy atom. The topological polar surface area (TPSA) is 0 Å². The predicted octanol–water partition coefficient (Wildman–Crippen LogP) is 5.73. The fourth-order valence-corrected chi connectivity index (χ4v) is 2.77. The number of hydrogen-bond donors (Lipinski definition) is 0. The minimum absolute atomic E-state index is 1.16. The van der Waals surface area contributed by atoms with Gasteiger partial charge in [-0.3, -0.25) is 0 Å². The van der Waals surface area contributed by atoms with Gasteiger partial charge in [0.25, 0.3) is 0 Å². The standard InChI is InChI=1S/C20H24/c1-5-7-18-8-6-9-19(14-18)10-11-20-16(3)12-15(2)13-17(20)4/h6,8-14H,5,7H2,1-4H3/b11-10+. The van der Waals surface area contributed by atoms with E-state index in [4.69, 9.17) is 0 Å². The normalized spacial score (nSPS) is 11.2. The molecule has 0 bridgehead atoms. The Balaban J connectivity index is 2.27. The van der Waals surface area contributed by atoms with Crippen LogP contribution in [0, 0.1) is 20.8 Å². The van der Waals surface area contributed by atoms with Gasteiger partial charge in [-0.05, 0) is 55.0 Å². The molecule has 0 amide bonds. The first-order valence-corrected chi connectivity index (χ1v) is 7.45. The zero-order valence-corrected chi connectivity index (χ0v) is 13.0. The van der Waals surface area contributed by atoms with Crippen LogP contribution in [0.2, 0.25) is 0 Å². The largest absolute Gasteiger partial charge is 0.0651 e. The van der Waals surface area contributed by atoms with Gasteiger partial charge in [0.1, 0.15) is 0 Å². The van der Waals surface area contributed by atoms with Crippen molar-refractivity contribution in [3.63, 3.8) is 0 Å². The summed E-state index contributed by atoms with van der Waals surface area (Å²) < 4.78 is 0. The lowest BCUT2D eigenvalue weighted by molar-refractivity contribution is 0.921. The average Bonchev–Trinajstić information content (AvgIpc) is 2.38. The molecule has 0 aliphatic heterocycles. The Kier molecular flexibility index (Phi) is 4.79. The molecule has 0 unspecified atom stereocenters. The second-order valence-electron chi connectivity index (χ2n) is 5.64. The molecule has 0 fully saturated rings. The van der Waals surface area contributed by atoms with Crippen molar-refractivity contribution in [1.29, 1.82) is 0 Å². The summed E-state index contributed by atoms with van der Waals surface area (Å²) in [6, 6.07) is 13.3. The molecule has 0 atom stereocenters. The molecule has 0 heterocycles. The van der Waals surface area contributed by atoms with Gasteiger partial charge in [-0.1, -0.05) is 67.5 Å². The molecule has 0 spiro atoms. The molecule has 104 valence electrons. The van der Waals surface area contributed by atoms with Crippen LogP contribution in [0.3, 0.4) is 0 Å². The summed E-state index contributed by atoms with van der Waals surface area (Å²) in [5, 5.41) is 0. The summed E-state index contributed by atoms with van der Waals surface area (Å²) in [5.41, 5.74) is 8.09. The van der Waals surface area contributed by atoms with Crippen molar-refractivity contribution in [3.05, 3.63) is 69.8 Å². The summed E-state index contributed by atoms with van der Waals surface area (Å²) in [7, 11) is 0. The minimum Gasteiger partial charge on any atom is -0.0651 e. The van der Waals surface area contributed by atoms with Gasteiger partial charge < -0.3 is 0 Å². The third kappa shape index (κ3) is 3.60. The van der Waals surface area contributed by atoms with Crippen molar-refractivity contribution in [1.82, 2.24) is 0 Å².